The minimum Gasteiger partial charge on any atom is -0.390 e. The Labute approximate surface area is 140 Å². The Balaban J connectivity index is 1.88. The number of morpholine rings is 1. The first-order chi connectivity index (χ1) is 11.7. The summed E-state index contributed by atoms with van der Waals surface area (Å²) in [6.07, 6.45) is 1.92. The van der Waals surface area contributed by atoms with Gasteiger partial charge in [0.1, 0.15) is 5.52 Å². The lowest BCUT2D eigenvalue weighted by molar-refractivity contribution is 0.122. The van der Waals surface area contributed by atoms with Crippen molar-refractivity contribution in [1.29, 1.82) is 0 Å². The van der Waals surface area contributed by atoms with Crippen LogP contribution in [-0.4, -0.2) is 46.0 Å². The molecule has 0 spiro atoms. The number of rotatable bonds is 3. The summed E-state index contributed by atoms with van der Waals surface area (Å²) in [5.41, 5.74) is 4.69. The summed E-state index contributed by atoms with van der Waals surface area (Å²) in [6.45, 7) is 5.00. The average molecular weight is 324 g/mol. The summed E-state index contributed by atoms with van der Waals surface area (Å²) in [4.78, 5) is 7.13. The van der Waals surface area contributed by atoms with Gasteiger partial charge in [0.25, 0.3) is 0 Å². The molecule has 1 N–H and O–H groups in total. The number of hydrogen-bond donors (Lipinski definition) is 1. The van der Waals surface area contributed by atoms with E-state index < -0.39 is 0 Å². The van der Waals surface area contributed by atoms with Gasteiger partial charge in [-0.1, -0.05) is 23.8 Å². The van der Waals surface area contributed by atoms with E-state index in [1.165, 1.54) is 5.56 Å². The minimum absolute atomic E-state index is 0.0794. The van der Waals surface area contributed by atoms with Crippen molar-refractivity contribution in [3.63, 3.8) is 0 Å². The summed E-state index contributed by atoms with van der Waals surface area (Å²) in [5.74, 6) is 0.893. The molecule has 0 atom stereocenters. The molecule has 3 aromatic rings. The lowest BCUT2D eigenvalue weighted by Crippen LogP contribution is -2.37. The number of hydrogen-bond acceptors (Lipinski definition) is 5. The first kappa shape index (κ1) is 15.1. The molecule has 0 bridgehead atoms. The topological polar surface area (TPSA) is 62.9 Å². The summed E-state index contributed by atoms with van der Waals surface area (Å²) < 4.78 is 7.28. The second kappa shape index (κ2) is 6.22. The maximum absolute atomic E-state index is 9.43. The highest BCUT2D eigenvalue weighted by atomic mass is 16.5. The number of aromatic nitrogens is 3. The van der Waals surface area contributed by atoms with Gasteiger partial charge in [0.15, 0.2) is 5.82 Å². The Morgan fingerprint density at radius 2 is 2.04 bits per heavy atom. The predicted molar refractivity (Wildman–Crippen MR) is 92.1 cm³/mol. The molecule has 0 saturated carbocycles. The molecule has 1 fully saturated rings. The van der Waals surface area contributed by atoms with E-state index in [1.54, 1.807) is 0 Å². The lowest BCUT2D eigenvalue weighted by Gasteiger charge is -2.28. The zero-order chi connectivity index (χ0) is 16.5. The van der Waals surface area contributed by atoms with E-state index >= 15 is 0 Å². The van der Waals surface area contributed by atoms with E-state index in [2.05, 4.69) is 35.1 Å². The summed E-state index contributed by atoms with van der Waals surface area (Å²) in [6, 6.07) is 10.2. The summed E-state index contributed by atoms with van der Waals surface area (Å²) in [5, 5.41) is 13.9. The van der Waals surface area contributed by atoms with Gasteiger partial charge in [-0.25, -0.2) is 9.50 Å². The number of aliphatic hydroxyl groups is 1. The van der Waals surface area contributed by atoms with Gasteiger partial charge >= 0.3 is 0 Å². The molecule has 124 valence electrons. The van der Waals surface area contributed by atoms with Crippen LogP contribution in [0, 0.1) is 6.92 Å². The number of aryl methyl sites for hydroxylation is 1. The molecule has 0 radical (unpaired) electrons. The van der Waals surface area contributed by atoms with Crippen LogP contribution in [-0.2, 0) is 11.3 Å². The smallest absolute Gasteiger partial charge is 0.155 e. The van der Waals surface area contributed by atoms with E-state index in [9.17, 15) is 5.11 Å². The van der Waals surface area contributed by atoms with Crippen LogP contribution in [0.15, 0.2) is 36.5 Å². The quantitative estimate of drug-likeness (QED) is 0.799. The number of benzene rings is 1. The minimum atomic E-state index is -0.0794. The third kappa shape index (κ3) is 2.74. The highest BCUT2D eigenvalue weighted by Crippen LogP contribution is 2.27. The normalized spacial score (nSPS) is 15.2. The molecule has 24 heavy (non-hydrogen) atoms. The van der Waals surface area contributed by atoms with Crippen LogP contribution in [0.25, 0.3) is 16.8 Å². The monoisotopic (exact) mass is 324 g/mol. The van der Waals surface area contributed by atoms with Crippen molar-refractivity contribution in [2.45, 2.75) is 13.5 Å². The van der Waals surface area contributed by atoms with Crippen molar-refractivity contribution in [3.05, 3.63) is 47.8 Å². The molecule has 1 aliphatic rings. The molecular formula is C18H20N4O2. The van der Waals surface area contributed by atoms with Gasteiger partial charge in [0, 0.05) is 18.7 Å². The van der Waals surface area contributed by atoms with Gasteiger partial charge in [0.05, 0.1) is 37.4 Å². The van der Waals surface area contributed by atoms with Crippen LogP contribution in [0.4, 0.5) is 5.82 Å². The van der Waals surface area contributed by atoms with Crippen molar-refractivity contribution in [2.75, 3.05) is 31.2 Å². The van der Waals surface area contributed by atoms with E-state index in [-0.39, 0.29) is 6.61 Å². The van der Waals surface area contributed by atoms with E-state index in [0.29, 0.717) is 18.9 Å². The fourth-order valence-electron chi connectivity index (χ4n) is 3.06. The van der Waals surface area contributed by atoms with E-state index in [0.717, 1.165) is 35.7 Å². The van der Waals surface area contributed by atoms with Crippen LogP contribution >= 0.6 is 0 Å². The van der Waals surface area contributed by atoms with Crippen molar-refractivity contribution in [2.24, 2.45) is 0 Å². The highest BCUT2D eigenvalue weighted by molar-refractivity contribution is 5.73. The Kier molecular flexibility index (Phi) is 3.92. The first-order valence-corrected chi connectivity index (χ1v) is 8.14. The third-order valence-electron chi connectivity index (χ3n) is 4.27. The van der Waals surface area contributed by atoms with Crippen LogP contribution in [0.5, 0.6) is 0 Å². The van der Waals surface area contributed by atoms with Gasteiger partial charge < -0.3 is 14.7 Å². The van der Waals surface area contributed by atoms with Crippen molar-refractivity contribution in [1.82, 2.24) is 14.6 Å². The highest BCUT2D eigenvalue weighted by Gasteiger charge is 2.19. The van der Waals surface area contributed by atoms with E-state index in [1.807, 2.05) is 22.8 Å². The molecule has 1 saturated heterocycles. The largest absolute Gasteiger partial charge is 0.390 e. The fourth-order valence-corrected chi connectivity index (χ4v) is 3.06. The number of ether oxygens (including phenoxy) is 1. The second-order valence-corrected chi connectivity index (χ2v) is 6.04. The molecule has 6 heteroatoms. The number of nitrogens with zero attached hydrogens (tertiary/aromatic N) is 4. The van der Waals surface area contributed by atoms with Gasteiger partial charge in [-0.15, -0.1) is 0 Å². The van der Waals surface area contributed by atoms with Crippen LogP contribution in [0.2, 0.25) is 0 Å². The predicted octanol–water partition coefficient (Wildman–Crippen LogP) is 2.03. The molecule has 3 heterocycles. The van der Waals surface area contributed by atoms with Crippen LogP contribution in [0.3, 0.4) is 0 Å². The number of fused-ring (bicyclic) bond motifs is 1. The molecular weight excluding hydrogens is 304 g/mol. The van der Waals surface area contributed by atoms with Crippen molar-refractivity contribution >= 4 is 11.3 Å². The molecule has 2 aromatic heterocycles. The van der Waals surface area contributed by atoms with Crippen molar-refractivity contribution in [3.8, 4) is 11.3 Å². The summed E-state index contributed by atoms with van der Waals surface area (Å²) in [7, 11) is 0. The van der Waals surface area contributed by atoms with Gasteiger partial charge in [0.2, 0.25) is 0 Å². The zero-order valence-electron chi connectivity index (χ0n) is 13.6. The molecule has 6 nitrogen and oxygen atoms in total. The maximum Gasteiger partial charge on any atom is 0.155 e. The van der Waals surface area contributed by atoms with Gasteiger partial charge in [-0.05, 0) is 19.1 Å². The Bertz CT molecular complexity index is 869. The van der Waals surface area contributed by atoms with E-state index in [4.69, 9.17) is 9.72 Å². The molecule has 0 aliphatic carbocycles. The lowest BCUT2D eigenvalue weighted by atomic mass is 10.1. The zero-order valence-corrected chi connectivity index (χ0v) is 13.6. The second-order valence-electron chi connectivity index (χ2n) is 6.04. The third-order valence-corrected chi connectivity index (χ3v) is 4.27. The fraction of sp³-hybridized carbons (Fsp3) is 0.333. The Morgan fingerprint density at radius 1 is 1.21 bits per heavy atom. The van der Waals surface area contributed by atoms with Gasteiger partial charge in [-0.2, -0.15) is 5.10 Å². The van der Waals surface area contributed by atoms with Gasteiger partial charge in [-0.3, -0.25) is 0 Å². The van der Waals surface area contributed by atoms with Crippen LogP contribution in [0.1, 0.15) is 11.3 Å². The standard InChI is InChI=1S/C18H20N4O2/c1-13-3-2-4-14(9-13)16-11-22-17(10-15(12-23)20-22)18(19-16)21-5-7-24-8-6-21/h2-4,9-11,23H,5-8,12H2,1H3. The summed E-state index contributed by atoms with van der Waals surface area (Å²) >= 11 is 0. The Morgan fingerprint density at radius 3 is 2.79 bits per heavy atom. The van der Waals surface area contributed by atoms with Crippen LogP contribution < -0.4 is 4.90 Å². The molecule has 4 rings (SSSR count). The molecule has 1 aliphatic heterocycles. The Hall–Kier alpha value is -2.44. The molecule has 1 aromatic carbocycles. The molecule has 0 unspecified atom stereocenters. The van der Waals surface area contributed by atoms with Crippen molar-refractivity contribution < 1.29 is 9.84 Å². The average Bonchev–Trinajstić information content (AvgIpc) is 3.05. The number of anilines is 1. The molecule has 0 amide bonds. The SMILES string of the molecule is Cc1cccc(-c2cn3nc(CO)cc3c(N3CCOCC3)n2)c1. The number of aliphatic hydroxyl groups excluding tert-OH is 1. The maximum atomic E-state index is 9.43. The first-order valence-electron chi connectivity index (χ1n) is 8.14.